The Bertz CT molecular complexity index is 640. The van der Waals surface area contributed by atoms with Crippen LogP contribution in [0.5, 0.6) is 5.75 Å². The molecule has 0 atom stereocenters. The number of aryl methyl sites for hydroxylation is 1. The molecule has 0 saturated carbocycles. The molecular formula is C13H16N4O2. The Labute approximate surface area is 110 Å². The fourth-order valence-electron chi connectivity index (χ4n) is 1.56. The predicted octanol–water partition coefficient (Wildman–Crippen LogP) is 3.21. The highest BCUT2D eigenvalue weighted by Gasteiger charge is 2.06. The van der Waals surface area contributed by atoms with E-state index in [-0.39, 0.29) is 17.4 Å². The second kappa shape index (κ2) is 5.51. The van der Waals surface area contributed by atoms with Crippen LogP contribution in [0.3, 0.4) is 0 Å². The smallest absolute Gasteiger partial charge is 0.291 e. The van der Waals surface area contributed by atoms with E-state index < -0.39 is 0 Å². The molecule has 0 unspecified atom stereocenters. The average Bonchev–Trinajstić information content (AvgIpc) is 2.68. The maximum atomic E-state index is 11.5. The van der Waals surface area contributed by atoms with Gasteiger partial charge in [-0.15, -0.1) is 10.2 Å². The molecule has 100 valence electrons. The van der Waals surface area contributed by atoms with Crippen LogP contribution >= 0.6 is 0 Å². The summed E-state index contributed by atoms with van der Waals surface area (Å²) in [6.45, 7) is 5.63. The van der Waals surface area contributed by atoms with Crippen molar-refractivity contribution in [2.45, 2.75) is 26.9 Å². The van der Waals surface area contributed by atoms with Crippen LogP contribution < -0.4 is 10.3 Å². The molecule has 1 aromatic carbocycles. The molecule has 1 aromatic heterocycles. The van der Waals surface area contributed by atoms with E-state index in [1.807, 2.05) is 32.0 Å². The standard InChI is InChI=1S/C13H16N4O2/c1-8(2)19-11-7-5-4-6-10(11)15-16-12-9(3)14-17-13(12)18/h4-8H,1-3H3,(H2,14,17,18). The number of ether oxygens (including phenoxy) is 1. The van der Waals surface area contributed by atoms with Crippen molar-refractivity contribution in [2.24, 2.45) is 10.2 Å². The van der Waals surface area contributed by atoms with Crippen molar-refractivity contribution in [1.29, 1.82) is 0 Å². The third kappa shape index (κ3) is 3.09. The summed E-state index contributed by atoms with van der Waals surface area (Å²) >= 11 is 0. The van der Waals surface area contributed by atoms with Crippen molar-refractivity contribution in [3.8, 4) is 5.75 Å². The topological polar surface area (TPSA) is 82.6 Å². The molecular weight excluding hydrogens is 244 g/mol. The van der Waals surface area contributed by atoms with Gasteiger partial charge in [0.25, 0.3) is 5.56 Å². The molecule has 19 heavy (non-hydrogen) atoms. The largest absolute Gasteiger partial charge is 0.489 e. The van der Waals surface area contributed by atoms with Gasteiger partial charge in [0.05, 0.1) is 11.8 Å². The molecule has 0 amide bonds. The van der Waals surface area contributed by atoms with Crippen molar-refractivity contribution in [1.82, 2.24) is 10.2 Å². The summed E-state index contributed by atoms with van der Waals surface area (Å²) in [6.07, 6.45) is 0.0498. The van der Waals surface area contributed by atoms with E-state index in [0.29, 0.717) is 17.1 Å². The lowest BCUT2D eigenvalue weighted by Gasteiger charge is -2.10. The zero-order valence-electron chi connectivity index (χ0n) is 11.1. The summed E-state index contributed by atoms with van der Waals surface area (Å²) in [5.74, 6) is 0.644. The summed E-state index contributed by atoms with van der Waals surface area (Å²) in [6, 6.07) is 7.32. The van der Waals surface area contributed by atoms with Crippen molar-refractivity contribution in [3.05, 3.63) is 40.3 Å². The summed E-state index contributed by atoms with van der Waals surface area (Å²) in [7, 11) is 0. The van der Waals surface area contributed by atoms with Crippen LogP contribution in [0.15, 0.2) is 39.3 Å². The molecule has 0 bridgehead atoms. The van der Waals surface area contributed by atoms with Gasteiger partial charge in [0, 0.05) is 0 Å². The second-order valence-electron chi connectivity index (χ2n) is 4.39. The minimum absolute atomic E-state index is 0.0498. The first-order valence-electron chi connectivity index (χ1n) is 6.02. The Hall–Kier alpha value is -2.37. The lowest BCUT2D eigenvalue weighted by atomic mass is 10.3. The number of aromatic nitrogens is 2. The predicted molar refractivity (Wildman–Crippen MR) is 72.5 cm³/mol. The molecule has 0 fully saturated rings. The summed E-state index contributed by atoms with van der Waals surface area (Å²) < 4.78 is 5.63. The Morgan fingerprint density at radius 1 is 1.16 bits per heavy atom. The molecule has 2 rings (SSSR count). The number of rotatable bonds is 4. The van der Waals surface area contributed by atoms with Crippen molar-refractivity contribution < 1.29 is 4.74 Å². The van der Waals surface area contributed by atoms with Crippen LogP contribution in [0.25, 0.3) is 0 Å². The maximum Gasteiger partial charge on any atom is 0.291 e. The molecule has 2 aromatic rings. The van der Waals surface area contributed by atoms with E-state index in [9.17, 15) is 4.79 Å². The second-order valence-corrected chi connectivity index (χ2v) is 4.39. The lowest BCUT2D eigenvalue weighted by Crippen LogP contribution is -2.05. The molecule has 0 radical (unpaired) electrons. The van der Waals surface area contributed by atoms with Crippen molar-refractivity contribution in [2.75, 3.05) is 0 Å². The number of hydrogen-bond donors (Lipinski definition) is 2. The van der Waals surface area contributed by atoms with Gasteiger partial charge < -0.3 is 9.84 Å². The number of nitrogens with one attached hydrogen (secondary N) is 2. The number of nitrogens with zero attached hydrogens (tertiary/aromatic N) is 2. The van der Waals surface area contributed by atoms with Gasteiger partial charge in [0.1, 0.15) is 11.4 Å². The quantitative estimate of drug-likeness (QED) is 0.827. The van der Waals surface area contributed by atoms with Gasteiger partial charge in [-0.1, -0.05) is 12.1 Å². The zero-order valence-corrected chi connectivity index (χ0v) is 11.1. The zero-order chi connectivity index (χ0) is 13.8. The molecule has 0 aliphatic carbocycles. The summed E-state index contributed by atoms with van der Waals surface area (Å²) in [5, 5.41) is 13.2. The maximum absolute atomic E-state index is 11.5. The lowest BCUT2D eigenvalue weighted by molar-refractivity contribution is 0.243. The summed E-state index contributed by atoms with van der Waals surface area (Å²) in [5.41, 5.74) is 1.23. The first kappa shape index (κ1) is 13.1. The third-order valence-electron chi connectivity index (χ3n) is 2.42. The number of benzene rings is 1. The van der Waals surface area contributed by atoms with Crippen LogP contribution in [0.4, 0.5) is 11.4 Å². The Morgan fingerprint density at radius 3 is 2.53 bits per heavy atom. The van der Waals surface area contributed by atoms with E-state index >= 15 is 0 Å². The van der Waals surface area contributed by atoms with E-state index in [0.717, 1.165) is 0 Å². The minimum Gasteiger partial charge on any atom is -0.489 e. The molecule has 6 heteroatoms. The van der Waals surface area contributed by atoms with Gasteiger partial charge in [-0.3, -0.25) is 9.89 Å². The average molecular weight is 260 g/mol. The van der Waals surface area contributed by atoms with Crippen LogP contribution in [-0.4, -0.2) is 16.3 Å². The number of H-pyrrole nitrogens is 2. The molecule has 0 saturated heterocycles. The number of azo groups is 1. The van der Waals surface area contributed by atoms with E-state index in [4.69, 9.17) is 4.74 Å². The third-order valence-corrected chi connectivity index (χ3v) is 2.42. The fraction of sp³-hybridized carbons (Fsp3) is 0.308. The monoisotopic (exact) mass is 260 g/mol. The van der Waals surface area contributed by atoms with Crippen LogP contribution in [0.1, 0.15) is 19.5 Å². The molecule has 0 aliphatic rings. The normalized spacial score (nSPS) is 11.4. The van der Waals surface area contributed by atoms with Crippen LogP contribution in [0.2, 0.25) is 0 Å². The Kier molecular flexibility index (Phi) is 3.79. The van der Waals surface area contributed by atoms with E-state index in [1.54, 1.807) is 13.0 Å². The van der Waals surface area contributed by atoms with Crippen LogP contribution in [-0.2, 0) is 0 Å². The van der Waals surface area contributed by atoms with Crippen molar-refractivity contribution >= 4 is 11.4 Å². The minimum atomic E-state index is -0.288. The van der Waals surface area contributed by atoms with E-state index in [2.05, 4.69) is 20.4 Å². The van der Waals surface area contributed by atoms with Crippen molar-refractivity contribution in [3.63, 3.8) is 0 Å². The van der Waals surface area contributed by atoms with Gasteiger partial charge >= 0.3 is 0 Å². The van der Waals surface area contributed by atoms with E-state index in [1.165, 1.54) is 0 Å². The van der Waals surface area contributed by atoms with Gasteiger partial charge in [-0.2, -0.15) is 0 Å². The Balaban J connectivity index is 2.31. The number of para-hydroxylation sites is 1. The SMILES string of the molecule is Cc1[nH][nH]c(=O)c1N=Nc1ccccc1OC(C)C. The fourth-order valence-corrected chi connectivity index (χ4v) is 1.56. The first-order chi connectivity index (χ1) is 9.08. The first-order valence-corrected chi connectivity index (χ1v) is 6.02. The highest BCUT2D eigenvalue weighted by Crippen LogP contribution is 2.29. The number of hydrogen-bond acceptors (Lipinski definition) is 4. The molecule has 0 spiro atoms. The molecule has 2 N–H and O–H groups in total. The summed E-state index contributed by atoms with van der Waals surface area (Å²) in [4.78, 5) is 11.5. The Morgan fingerprint density at radius 2 is 1.89 bits per heavy atom. The van der Waals surface area contributed by atoms with Gasteiger partial charge in [-0.25, -0.2) is 0 Å². The van der Waals surface area contributed by atoms with Crippen LogP contribution in [0, 0.1) is 6.92 Å². The highest BCUT2D eigenvalue weighted by atomic mass is 16.5. The van der Waals surface area contributed by atoms with Gasteiger partial charge in [0.2, 0.25) is 0 Å². The van der Waals surface area contributed by atoms with Gasteiger partial charge in [-0.05, 0) is 32.9 Å². The molecule has 6 nitrogen and oxygen atoms in total. The highest BCUT2D eigenvalue weighted by molar-refractivity contribution is 5.51. The number of aromatic amines is 2. The molecule has 0 aliphatic heterocycles. The van der Waals surface area contributed by atoms with Gasteiger partial charge in [0.15, 0.2) is 5.69 Å². The molecule has 1 heterocycles.